The second kappa shape index (κ2) is 5.92. The van der Waals surface area contributed by atoms with E-state index in [2.05, 4.69) is 47.3 Å². The van der Waals surface area contributed by atoms with Gasteiger partial charge in [0.15, 0.2) is 0 Å². The Morgan fingerprint density at radius 2 is 2.00 bits per heavy atom. The molecule has 0 spiro atoms. The average Bonchev–Trinajstić information content (AvgIpc) is 2.59. The minimum atomic E-state index is 0. The van der Waals surface area contributed by atoms with E-state index in [9.17, 15) is 0 Å². The second-order valence-electron chi connectivity index (χ2n) is 3.90. The lowest BCUT2D eigenvalue weighted by atomic mass is 10.2. The van der Waals surface area contributed by atoms with Gasteiger partial charge < -0.3 is 9.88 Å². The third kappa shape index (κ3) is 2.39. The number of benzene rings is 1. The molecule has 0 radical (unpaired) electrons. The third-order valence-corrected chi connectivity index (χ3v) is 2.70. The Morgan fingerprint density at radius 3 is 2.69 bits per heavy atom. The number of nitrogens with zero attached hydrogens (tertiary/aromatic N) is 1. The van der Waals surface area contributed by atoms with E-state index in [1.807, 2.05) is 7.05 Å². The first kappa shape index (κ1) is 13.1. The summed E-state index contributed by atoms with van der Waals surface area (Å²) >= 11 is 0. The minimum Gasteiger partial charge on any atom is -0.347 e. The van der Waals surface area contributed by atoms with Gasteiger partial charge in [-0.2, -0.15) is 0 Å². The normalized spacial score (nSPS) is 10.4. The Bertz CT molecular complexity index is 408. The molecule has 0 saturated carbocycles. The molecular formula is C13H19ClN2. The molecule has 16 heavy (non-hydrogen) atoms. The number of rotatable bonds is 4. The van der Waals surface area contributed by atoms with E-state index in [0.717, 1.165) is 13.1 Å². The van der Waals surface area contributed by atoms with Crippen LogP contribution in [0.5, 0.6) is 0 Å². The maximum atomic E-state index is 3.22. The van der Waals surface area contributed by atoms with Crippen molar-refractivity contribution in [3.05, 3.63) is 36.0 Å². The van der Waals surface area contributed by atoms with E-state index in [0.29, 0.717) is 0 Å². The summed E-state index contributed by atoms with van der Waals surface area (Å²) in [5.41, 5.74) is 2.74. The smallest absolute Gasteiger partial charge is 0.0483 e. The van der Waals surface area contributed by atoms with Gasteiger partial charge in [0.25, 0.3) is 0 Å². The number of para-hydroxylation sites is 1. The fourth-order valence-electron chi connectivity index (χ4n) is 2.08. The van der Waals surface area contributed by atoms with E-state index >= 15 is 0 Å². The minimum absolute atomic E-state index is 0. The molecule has 0 aliphatic rings. The Hall–Kier alpha value is -0.990. The summed E-state index contributed by atoms with van der Waals surface area (Å²) in [4.78, 5) is 0. The molecule has 0 aliphatic heterocycles. The van der Waals surface area contributed by atoms with Crippen molar-refractivity contribution >= 4 is 23.3 Å². The van der Waals surface area contributed by atoms with Crippen LogP contribution in [0, 0.1) is 0 Å². The van der Waals surface area contributed by atoms with Crippen LogP contribution < -0.4 is 5.32 Å². The molecule has 2 nitrogen and oxygen atoms in total. The lowest BCUT2D eigenvalue weighted by Gasteiger charge is -2.01. The Morgan fingerprint density at radius 1 is 1.25 bits per heavy atom. The predicted octanol–water partition coefficient (Wildman–Crippen LogP) is 3.19. The van der Waals surface area contributed by atoms with Gasteiger partial charge in [-0.3, -0.25) is 0 Å². The Labute approximate surface area is 103 Å². The van der Waals surface area contributed by atoms with Gasteiger partial charge in [0.05, 0.1) is 0 Å². The van der Waals surface area contributed by atoms with E-state index in [1.54, 1.807) is 0 Å². The van der Waals surface area contributed by atoms with Crippen LogP contribution in [0.25, 0.3) is 10.9 Å². The van der Waals surface area contributed by atoms with Crippen molar-refractivity contribution < 1.29 is 0 Å². The fraction of sp³-hybridized carbons (Fsp3) is 0.385. The first-order valence-electron chi connectivity index (χ1n) is 5.58. The standard InChI is InChI=1S/C13H18N2.ClH/c1-3-8-15-10-11(9-14-2)12-6-4-5-7-13(12)15;/h4-7,10,14H,3,8-9H2,1-2H3;1H. The second-order valence-corrected chi connectivity index (χ2v) is 3.90. The summed E-state index contributed by atoms with van der Waals surface area (Å²) in [6.07, 6.45) is 3.45. The molecule has 0 atom stereocenters. The van der Waals surface area contributed by atoms with E-state index in [-0.39, 0.29) is 12.4 Å². The molecule has 1 aromatic carbocycles. The van der Waals surface area contributed by atoms with Crippen LogP contribution in [0.2, 0.25) is 0 Å². The van der Waals surface area contributed by atoms with Gasteiger partial charge in [-0.05, 0) is 25.1 Å². The van der Waals surface area contributed by atoms with Crippen molar-refractivity contribution in [2.75, 3.05) is 7.05 Å². The number of hydrogen-bond donors (Lipinski definition) is 1. The van der Waals surface area contributed by atoms with Crippen molar-refractivity contribution in [2.45, 2.75) is 26.4 Å². The summed E-state index contributed by atoms with van der Waals surface area (Å²) in [7, 11) is 1.99. The van der Waals surface area contributed by atoms with Crippen LogP contribution in [-0.2, 0) is 13.1 Å². The third-order valence-electron chi connectivity index (χ3n) is 2.70. The monoisotopic (exact) mass is 238 g/mol. The topological polar surface area (TPSA) is 17.0 Å². The molecule has 2 aromatic rings. The van der Waals surface area contributed by atoms with Crippen molar-refractivity contribution in [1.29, 1.82) is 0 Å². The summed E-state index contributed by atoms with van der Waals surface area (Å²) in [6, 6.07) is 8.62. The zero-order valence-corrected chi connectivity index (χ0v) is 10.7. The van der Waals surface area contributed by atoms with Crippen molar-refractivity contribution in [3.8, 4) is 0 Å². The van der Waals surface area contributed by atoms with Gasteiger partial charge in [0.2, 0.25) is 0 Å². The number of halogens is 1. The molecule has 0 saturated heterocycles. The summed E-state index contributed by atoms with van der Waals surface area (Å²) < 4.78 is 2.35. The molecule has 88 valence electrons. The number of aryl methyl sites for hydroxylation is 1. The van der Waals surface area contributed by atoms with Crippen LogP contribution >= 0.6 is 12.4 Å². The molecule has 0 fully saturated rings. The number of hydrogen-bond acceptors (Lipinski definition) is 1. The maximum Gasteiger partial charge on any atom is 0.0483 e. The Kier molecular flexibility index (Phi) is 4.84. The van der Waals surface area contributed by atoms with E-state index in [4.69, 9.17) is 0 Å². The summed E-state index contributed by atoms with van der Waals surface area (Å²) in [6.45, 7) is 4.26. The zero-order valence-electron chi connectivity index (χ0n) is 9.86. The summed E-state index contributed by atoms with van der Waals surface area (Å²) in [5, 5.41) is 4.59. The highest BCUT2D eigenvalue weighted by molar-refractivity contribution is 5.85. The van der Waals surface area contributed by atoms with Gasteiger partial charge in [0.1, 0.15) is 0 Å². The highest BCUT2D eigenvalue weighted by Crippen LogP contribution is 2.21. The number of aromatic nitrogens is 1. The maximum absolute atomic E-state index is 3.22. The van der Waals surface area contributed by atoms with Crippen LogP contribution in [0.4, 0.5) is 0 Å². The molecule has 0 amide bonds. The molecule has 3 heteroatoms. The molecule has 2 rings (SSSR count). The van der Waals surface area contributed by atoms with Crippen molar-refractivity contribution in [3.63, 3.8) is 0 Å². The average molecular weight is 239 g/mol. The van der Waals surface area contributed by atoms with Gasteiger partial charge in [-0.15, -0.1) is 12.4 Å². The van der Waals surface area contributed by atoms with E-state index < -0.39 is 0 Å². The number of fused-ring (bicyclic) bond motifs is 1. The lowest BCUT2D eigenvalue weighted by Crippen LogP contribution is -2.04. The van der Waals surface area contributed by atoms with Crippen LogP contribution in [-0.4, -0.2) is 11.6 Å². The lowest BCUT2D eigenvalue weighted by molar-refractivity contribution is 0.697. The van der Waals surface area contributed by atoms with Gasteiger partial charge in [0, 0.05) is 30.2 Å². The molecule has 1 N–H and O–H groups in total. The summed E-state index contributed by atoms with van der Waals surface area (Å²) in [5.74, 6) is 0. The molecule has 0 bridgehead atoms. The van der Waals surface area contributed by atoms with Crippen LogP contribution in [0.3, 0.4) is 0 Å². The highest BCUT2D eigenvalue weighted by atomic mass is 35.5. The zero-order chi connectivity index (χ0) is 10.7. The molecule has 1 aromatic heterocycles. The molecule has 0 unspecified atom stereocenters. The largest absolute Gasteiger partial charge is 0.347 e. The van der Waals surface area contributed by atoms with Crippen molar-refractivity contribution in [1.82, 2.24) is 9.88 Å². The van der Waals surface area contributed by atoms with Crippen molar-refractivity contribution in [2.24, 2.45) is 0 Å². The molecule has 0 aliphatic carbocycles. The quantitative estimate of drug-likeness (QED) is 0.866. The number of nitrogens with one attached hydrogen (secondary N) is 1. The highest BCUT2D eigenvalue weighted by Gasteiger charge is 2.05. The first-order chi connectivity index (χ1) is 7.36. The van der Waals surface area contributed by atoms with Crippen LogP contribution in [0.15, 0.2) is 30.5 Å². The van der Waals surface area contributed by atoms with E-state index in [1.165, 1.54) is 22.9 Å². The Balaban J connectivity index is 0.00000128. The van der Waals surface area contributed by atoms with Gasteiger partial charge in [-0.1, -0.05) is 25.1 Å². The van der Waals surface area contributed by atoms with Gasteiger partial charge in [-0.25, -0.2) is 0 Å². The first-order valence-corrected chi connectivity index (χ1v) is 5.58. The predicted molar refractivity (Wildman–Crippen MR) is 72.2 cm³/mol. The SMILES string of the molecule is CCCn1cc(CNC)c2ccccc21.Cl. The fourth-order valence-corrected chi connectivity index (χ4v) is 2.08. The molecular weight excluding hydrogens is 220 g/mol. The molecule has 1 heterocycles. The van der Waals surface area contributed by atoms with Gasteiger partial charge >= 0.3 is 0 Å². The van der Waals surface area contributed by atoms with Crippen LogP contribution in [0.1, 0.15) is 18.9 Å².